The summed E-state index contributed by atoms with van der Waals surface area (Å²) in [5, 5.41) is 2.06. The molecular formula is C30H34N2O6S. The van der Waals surface area contributed by atoms with Crippen molar-refractivity contribution in [2.24, 2.45) is 0 Å². The average molecular weight is 551 g/mol. The minimum absolute atomic E-state index is 0.0279. The number of methoxy groups -OCH3 is 2. The zero-order valence-electron chi connectivity index (χ0n) is 22.3. The van der Waals surface area contributed by atoms with Crippen LogP contribution in [0.1, 0.15) is 39.7 Å². The molecule has 206 valence electrons. The van der Waals surface area contributed by atoms with Gasteiger partial charge in [-0.25, -0.2) is 0 Å². The Bertz CT molecular complexity index is 1270. The largest absolute Gasteiger partial charge is 0.497 e. The second-order valence-corrected chi connectivity index (χ2v) is 10.7. The van der Waals surface area contributed by atoms with Crippen molar-refractivity contribution in [1.29, 1.82) is 0 Å². The van der Waals surface area contributed by atoms with Crippen LogP contribution in [0.25, 0.3) is 0 Å². The molecule has 1 fully saturated rings. The number of benzene rings is 2. The number of nitrogens with zero attached hydrogens (tertiary/aromatic N) is 2. The molecule has 0 N–H and O–H groups in total. The second-order valence-electron chi connectivity index (χ2n) is 9.69. The van der Waals surface area contributed by atoms with Crippen LogP contribution in [0.3, 0.4) is 0 Å². The third-order valence-corrected chi connectivity index (χ3v) is 8.26. The van der Waals surface area contributed by atoms with E-state index >= 15 is 0 Å². The van der Waals surface area contributed by atoms with E-state index in [-0.39, 0.29) is 30.5 Å². The summed E-state index contributed by atoms with van der Waals surface area (Å²) >= 11 is 1.71. The smallest absolute Gasteiger partial charge is 0.254 e. The van der Waals surface area contributed by atoms with Gasteiger partial charge in [-0.15, -0.1) is 11.3 Å². The van der Waals surface area contributed by atoms with Crippen molar-refractivity contribution < 1.29 is 28.5 Å². The number of hydrogen-bond donors (Lipinski definition) is 0. The minimum Gasteiger partial charge on any atom is -0.497 e. The maximum atomic E-state index is 13.9. The lowest BCUT2D eigenvalue weighted by atomic mass is 10.00. The highest BCUT2D eigenvalue weighted by molar-refractivity contribution is 7.10. The molecule has 2 aliphatic rings. The van der Waals surface area contributed by atoms with Crippen molar-refractivity contribution in [3.05, 3.63) is 76.0 Å². The molecule has 3 heterocycles. The molecule has 5 rings (SSSR count). The molecular weight excluding hydrogens is 516 g/mol. The number of ether oxygens (including phenoxy) is 4. The van der Waals surface area contributed by atoms with Crippen LogP contribution in [0.15, 0.2) is 60.0 Å². The normalized spacial score (nSPS) is 18.4. The third-order valence-electron chi connectivity index (χ3n) is 7.26. The van der Waals surface area contributed by atoms with Crippen molar-refractivity contribution in [2.45, 2.75) is 31.4 Å². The summed E-state index contributed by atoms with van der Waals surface area (Å²) < 4.78 is 22.6. The summed E-state index contributed by atoms with van der Waals surface area (Å²) in [5.41, 5.74) is 1.62. The Morgan fingerprint density at radius 2 is 1.85 bits per heavy atom. The predicted octanol–water partition coefficient (Wildman–Crippen LogP) is 4.59. The molecule has 2 amide bonds. The highest BCUT2D eigenvalue weighted by Crippen LogP contribution is 2.34. The number of fused-ring (bicyclic) bond motifs is 1. The Kier molecular flexibility index (Phi) is 8.68. The van der Waals surface area contributed by atoms with Crippen molar-refractivity contribution >= 4 is 23.2 Å². The Hall–Kier alpha value is -3.56. The maximum Gasteiger partial charge on any atom is 0.254 e. The highest BCUT2D eigenvalue weighted by Gasteiger charge is 2.34. The van der Waals surface area contributed by atoms with Crippen LogP contribution < -0.4 is 14.2 Å². The molecule has 0 aliphatic carbocycles. The summed E-state index contributed by atoms with van der Waals surface area (Å²) in [7, 11) is 3.21. The van der Waals surface area contributed by atoms with Gasteiger partial charge in [0.25, 0.3) is 5.91 Å². The molecule has 3 aromatic rings. The fraction of sp³-hybridized carbons (Fsp3) is 0.400. The molecule has 0 spiro atoms. The lowest BCUT2D eigenvalue weighted by Crippen LogP contribution is -2.49. The maximum absolute atomic E-state index is 13.9. The van der Waals surface area contributed by atoms with E-state index in [9.17, 15) is 9.59 Å². The van der Waals surface area contributed by atoms with E-state index < -0.39 is 0 Å². The Morgan fingerprint density at radius 3 is 2.59 bits per heavy atom. The van der Waals surface area contributed by atoms with Gasteiger partial charge in [0.2, 0.25) is 5.91 Å². The van der Waals surface area contributed by atoms with E-state index in [1.54, 1.807) is 54.7 Å². The lowest BCUT2D eigenvalue weighted by Gasteiger charge is -2.37. The fourth-order valence-electron chi connectivity index (χ4n) is 5.16. The van der Waals surface area contributed by atoms with E-state index in [1.165, 1.54) is 4.88 Å². The number of hydrogen-bond acceptors (Lipinski definition) is 7. The molecule has 9 heteroatoms. The van der Waals surface area contributed by atoms with Gasteiger partial charge in [-0.2, -0.15) is 0 Å². The minimum atomic E-state index is -0.251. The number of carbonyl (C=O) groups is 2. The molecule has 8 nitrogen and oxygen atoms in total. The third kappa shape index (κ3) is 6.37. The zero-order chi connectivity index (χ0) is 27.2. The monoisotopic (exact) mass is 550 g/mol. The van der Waals surface area contributed by atoms with E-state index in [2.05, 4.69) is 11.4 Å². The quantitative estimate of drug-likeness (QED) is 0.368. The van der Waals surface area contributed by atoms with Gasteiger partial charge in [0.15, 0.2) is 0 Å². The Balaban J connectivity index is 1.34. The first-order valence-electron chi connectivity index (χ1n) is 13.2. The first kappa shape index (κ1) is 27.0. The molecule has 1 saturated heterocycles. The Morgan fingerprint density at radius 1 is 1.05 bits per heavy atom. The van der Waals surface area contributed by atoms with E-state index in [0.29, 0.717) is 49.1 Å². The predicted molar refractivity (Wildman–Crippen MR) is 149 cm³/mol. The van der Waals surface area contributed by atoms with Gasteiger partial charge < -0.3 is 28.7 Å². The van der Waals surface area contributed by atoms with Crippen LogP contribution in [-0.2, 0) is 16.0 Å². The fourth-order valence-corrected chi connectivity index (χ4v) is 6.09. The summed E-state index contributed by atoms with van der Waals surface area (Å²) in [4.78, 5) is 32.2. The van der Waals surface area contributed by atoms with Gasteiger partial charge in [-0.05, 0) is 72.7 Å². The zero-order valence-corrected chi connectivity index (χ0v) is 23.2. The van der Waals surface area contributed by atoms with Gasteiger partial charge in [-0.1, -0.05) is 6.07 Å². The van der Waals surface area contributed by atoms with Gasteiger partial charge in [0.05, 0.1) is 26.4 Å². The number of thiophene rings is 1. The Labute approximate surface area is 233 Å². The first-order chi connectivity index (χ1) is 19.1. The van der Waals surface area contributed by atoms with Gasteiger partial charge in [0.1, 0.15) is 30.4 Å². The SMILES string of the molecule is COc1ccc(C(=O)N(CC(=O)N2CCc3sccc3[C@H]2COc2cccc(OC)c2)C[C@@H]2CCCO2)cc1. The van der Waals surface area contributed by atoms with Crippen LogP contribution in [0.5, 0.6) is 17.2 Å². The molecule has 1 aromatic heterocycles. The second kappa shape index (κ2) is 12.5. The number of rotatable bonds is 10. The van der Waals surface area contributed by atoms with Crippen molar-refractivity contribution in [3.8, 4) is 17.2 Å². The lowest BCUT2D eigenvalue weighted by molar-refractivity contribution is -0.135. The van der Waals surface area contributed by atoms with Crippen LogP contribution in [-0.4, -0.2) is 74.8 Å². The van der Waals surface area contributed by atoms with Crippen molar-refractivity contribution in [1.82, 2.24) is 9.80 Å². The molecule has 0 radical (unpaired) electrons. The molecule has 2 atom stereocenters. The topological polar surface area (TPSA) is 77.5 Å². The van der Waals surface area contributed by atoms with Crippen LogP contribution in [0, 0.1) is 0 Å². The van der Waals surface area contributed by atoms with Crippen molar-refractivity contribution in [2.75, 3.05) is 47.1 Å². The van der Waals surface area contributed by atoms with E-state index in [1.807, 2.05) is 29.2 Å². The molecule has 0 unspecified atom stereocenters. The summed E-state index contributed by atoms with van der Waals surface area (Å²) in [5.74, 6) is 1.76. The van der Waals surface area contributed by atoms with Gasteiger partial charge in [0, 0.05) is 36.2 Å². The molecule has 0 saturated carbocycles. The van der Waals surface area contributed by atoms with Gasteiger partial charge >= 0.3 is 0 Å². The molecule has 39 heavy (non-hydrogen) atoms. The van der Waals surface area contributed by atoms with Crippen LogP contribution in [0.2, 0.25) is 0 Å². The number of carbonyl (C=O) groups excluding carboxylic acids is 2. The first-order valence-corrected chi connectivity index (χ1v) is 14.1. The summed E-state index contributed by atoms with van der Waals surface area (Å²) in [6.45, 7) is 1.91. The standard InChI is InChI=1S/C30H34N2O6S/c1-35-22-10-8-21(9-11-22)30(34)31(18-25-7-4-15-37-25)19-29(33)32-14-12-28-26(13-16-39-28)27(32)20-38-24-6-3-5-23(17-24)36-2/h3,5-6,8-11,13,16-17,25,27H,4,7,12,14-15,18-20H2,1-2H3/t25-,27+/m0/s1. The summed E-state index contributed by atoms with van der Waals surface area (Å²) in [6.07, 6.45) is 2.54. The molecule has 2 aliphatic heterocycles. The van der Waals surface area contributed by atoms with E-state index in [4.69, 9.17) is 18.9 Å². The van der Waals surface area contributed by atoms with Crippen LogP contribution >= 0.6 is 11.3 Å². The van der Waals surface area contributed by atoms with E-state index in [0.717, 1.165) is 24.8 Å². The average Bonchev–Trinajstić information content (AvgIpc) is 3.67. The highest BCUT2D eigenvalue weighted by atomic mass is 32.1. The molecule has 0 bridgehead atoms. The van der Waals surface area contributed by atoms with Gasteiger partial charge in [-0.3, -0.25) is 9.59 Å². The van der Waals surface area contributed by atoms with Crippen LogP contribution in [0.4, 0.5) is 0 Å². The van der Waals surface area contributed by atoms with Crippen molar-refractivity contribution in [3.63, 3.8) is 0 Å². The number of amides is 2. The summed E-state index contributed by atoms with van der Waals surface area (Å²) in [6, 6.07) is 16.3. The molecule has 2 aromatic carbocycles.